The Morgan fingerprint density at radius 2 is 2.04 bits per heavy atom. The Morgan fingerprint density at radius 1 is 1.27 bits per heavy atom. The number of nitrogens with two attached hydrogens (primary N) is 1. The maximum atomic E-state index is 13.6. The molecule has 1 unspecified atom stereocenters. The van der Waals surface area contributed by atoms with Crippen LogP contribution >= 0.6 is 34.9 Å². The first-order valence-corrected chi connectivity index (χ1v) is 17.2. The molecule has 250 valence electrons. The van der Waals surface area contributed by atoms with Crippen LogP contribution < -0.4 is 16.5 Å². The highest BCUT2D eigenvalue weighted by molar-refractivity contribution is 8.01. The summed E-state index contributed by atoms with van der Waals surface area (Å²) in [6.07, 6.45) is -0.246. The summed E-state index contributed by atoms with van der Waals surface area (Å²) in [4.78, 5) is 70.1. The zero-order chi connectivity index (χ0) is 34.3. The largest absolute Gasteiger partial charge is 0.503 e. The van der Waals surface area contributed by atoms with Crippen LogP contribution in [0.15, 0.2) is 68.3 Å². The van der Waals surface area contributed by atoms with Gasteiger partial charge in [0, 0.05) is 23.0 Å². The lowest BCUT2D eigenvalue weighted by atomic mass is 10.0. The minimum absolute atomic E-state index is 0.0419. The Hall–Kier alpha value is -5.01. The van der Waals surface area contributed by atoms with Gasteiger partial charge in [-0.25, -0.2) is 14.8 Å². The van der Waals surface area contributed by atoms with Gasteiger partial charge >= 0.3 is 5.97 Å². The predicted octanol–water partition coefficient (Wildman–Crippen LogP) is 2.36. The van der Waals surface area contributed by atoms with E-state index in [-0.39, 0.29) is 39.6 Å². The number of anilines is 1. The summed E-state index contributed by atoms with van der Waals surface area (Å²) in [6.45, 7) is 3.44. The molecule has 1 saturated heterocycles. The molecule has 16 nitrogen and oxygen atoms in total. The molecular formula is C29H28N8O8S3. The average Bonchev–Trinajstić information content (AvgIpc) is 3.67. The summed E-state index contributed by atoms with van der Waals surface area (Å²) in [5, 5.41) is 38.2. The zero-order valence-corrected chi connectivity index (χ0v) is 27.6. The number of aromatic amines is 1. The molecule has 19 heteroatoms. The first-order chi connectivity index (χ1) is 22.9. The number of carbonyl (C=O) groups is 3. The fourth-order valence-corrected chi connectivity index (χ4v) is 8.04. The van der Waals surface area contributed by atoms with E-state index in [1.165, 1.54) is 33.8 Å². The fraction of sp³-hybridized carbons (Fsp3) is 0.276. The van der Waals surface area contributed by atoms with E-state index in [4.69, 9.17) is 10.6 Å². The Labute approximate surface area is 283 Å². The lowest BCUT2D eigenvalue weighted by Crippen LogP contribution is -2.71. The summed E-state index contributed by atoms with van der Waals surface area (Å²) < 4.78 is 0.524. The van der Waals surface area contributed by atoms with E-state index in [9.17, 15) is 34.6 Å². The number of carbonyl (C=O) groups excluding carboxylic acids is 2. The molecule has 3 atom stereocenters. The first-order valence-electron chi connectivity index (χ1n) is 14.3. The quantitative estimate of drug-likeness (QED) is 0.0431. The van der Waals surface area contributed by atoms with E-state index in [1.807, 2.05) is 24.3 Å². The van der Waals surface area contributed by atoms with E-state index in [0.717, 1.165) is 34.6 Å². The molecule has 0 bridgehead atoms. The van der Waals surface area contributed by atoms with Crippen LogP contribution in [0.4, 0.5) is 5.13 Å². The van der Waals surface area contributed by atoms with Crippen LogP contribution in [0.3, 0.4) is 0 Å². The summed E-state index contributed by atoms with van der Waals surface area (Å²) in [5.74, 6) is -3.21. The van der Waals surface area contributed by atoms with Crippen molar-refractivity contribution in [1.82, 2.24) is 29.9 Å². The fourth-order valence-electron chi connectivity index (χ4n) is 5.13. The second-order valence-electron chi connectivity index (χ2n) is 11.0. The summed E-state index contributed by atoms with van der Waals surface area (Å²) in [5.41, 5.74) is 6.73. The number of pyridine rings is 1. The van der Waals surface area contributed by atoms with Gasteiger partial charge in [0.2, 0.25) is 5.43 Å². The highest BCUT2D eigenvalue weighted by Crippen LogP contribution is 2.41. The average molecular weight is 713 g/mol. The number of H-pyrrole nitrogens is 1. The van der Waals surface area contributed by atoms with Crippen molar-refractivity contribution in [1.29, 1.82) is 0 Å². The van der Waals surface area contributed by atoms with E-state index in [1.54, 1.807) is 13.8 Å². The number of hydrogen-bond acceptors (Lipinski definition) is 14. The molecule has 5 heterocycles. The first kappa shape index (κ1) is 32.9. The Kier molecular flexibility index (Phi) is 9.08. The van der Waals surface area contributed by atoms with E-state index >= 15 is 0 Å². The predicted molar refractivity (Wildman–Crippen MR) is 178 cm³/mol. The van der Waals surface area contributed by atoms with E-state index < -0.39 is 46.5 Å². The number of aromatic hydroxyl groups is 1. The number of imidazole rings is 1. The number of oxime groups is 1. The summed E-state index contributed by atoms with van der Waals surface area (Å²) >= 11 is 3.67. The molecule has 3 aromatic heterocycles. The number of thioether (sulfide) groups is 2. The van der Waals surface area contributed by atoms with Gasteiger partial charge in [-0.2, -0.15) is 4.73 Å². The van der Waals surface area contributed by atoms with Gasteiger partial charge in [0.05, 0.1) is 17.2 Å². The smallest absolute Gasteiger partial charge is 0.352 e. The minimum Gasteiger partial charge on any atom is -0.503 e. The van der Waals surface area contributed by atoms with Crippen molar-refractivity contribution in [3.63, 3.8) is 0 Å². The number of nitrogen functional groups attached to an aromatic ring is 1. The van der Waals surface area contributed by atoms with Crippen LogP contribution in [0.25, 0.3) is 11.0 Å². The van der Waals surface area contributed by atoms with Crippen LogP contribution in [-0.4, -0.2) is 86.4 Å². The molecular weight excluding hydrogens is 685 g/mol. The third-order valence-corrected chi connectivity index (χ3v) is 10.4. The van der Waals surface area contributed by atoms with Crippen molar-refractivity contribution in [3.8, 4) is 5.75 Å². The van der Waals surface area contributed by atoms with E-state index in [2.05, 4.69) is 25.4 Å². The van der Waals surface area contributed by atoms with Gasteiger partial charge in [-0.3, -0.25) is 19.3 Å². The summed E-state index contributed by atoms with van der Waals surface area (Å²) in [7, 11) is 0. The number of para-hydroxylation sites is 2. The monoisotopic (exact) mass is 712 g/mol. The highest BCUT2D eigenvalue weighted by Gasteiger charge is 2.54. The second-order valence-corrected chi connectivity index (χ2v) is 14.0. The van der Waals surface area contributed by atoms with E-state index in [0.29, 0.717) is 21.2 Å². The van der Waals surface area contributed by atoms with Gasteiger partial charge < -0.3 is 36.3 Å². The number of rotatable bonds is 11. The van der Waals surface area contributed by atoms with Crippen molar-refractivity contribution in [3.05, 3.63) is 74.8 Å². The molecule has 4 aromatic rings. The van der Waals surface area contributed by atoms with Crippen molar-refractivity contribution < 1.29 is 34.6 Å². The number of carboxylic acid groups (broad SMARTS) is 1. The zero-order valence-electron chi connectivity index (χ0n) is 25.2. The lowest BCUT2D eigenvalue weighted by molar-refractivity contribution is -0.150. The number of aliphatic carboxylic acids is 1. The molecule has 0 radical (unpaired) electrons. The number of hydrogen-bond donors (Lipinski definition) is 6. The Morgan fingerprint density at radius 3 is 2.73 bits per heavy atom. The third-order valence-electron chi connectivity index (χ3n) is 7.46. The number of nitrogens with one attached hydrogen (secondary N) is 2. The van der Waals surface area contributed by atoms with Crippen LogP contribution in [0.2, 0.25) is 0 Å². The minimum atomic E-state index is -1.26. The number of β-lactam (4-membered cyclic amide) rings is 1. The molecule has 1 aromatic carbocycles. The number of benzene rings is 1. The van der Waals surface area contributed by atoms with Crippen molar-refractivity contribution >= 4 is 74.5 Å². The number of amides is 2. The highest BCUT2D eigenvalue weighted by atomic mass is 32.2. The lowest BCUT2D eigenvalue weighted by Gasteiger charge is -2.49. The molecule has 1 fully saturated rings. The van der Waals surface area contributed by atoms with Gasteiger partial charge in [-0.15, -0.1) is 23.1 Å². The molecule has 0 saturated carbocycles. The normalized spacial score (nSPS) is 18.5. The van der Waals surface area contributed by atoms with Crippen LogP contribution in [0.1, 0.15) is 31.3 Å². The molecule has 48 heavy (non-hydrogen) atoms. The molecule has 6 rings (SSSR count). The maximum Gasteiger partial charge on any atom is 0.352 e. The van der Waals surface area contributed by atoms with Gasteiger partial charge in [0.25, 0.3) is 11.8 Å². The van der Waals surface area contributed by atoms with Crippen LogP contribution in [-0.2, 0) is 19.2 Å². The second kappa shape index (κ2) is 13.2. The van der Waals surface area contributed by atoms with Crippen LogP contribution in [0.5, 0.6) is 5.75 Å². The molecule has 0 aliphatic carbocycles. The Bertz CT molecular complexity index is 2020. The summed E-state index contributed by atoms with van der Waals surface area (Å²) in [6, 6.07) is 7.41. The number of fused-ring (bicyclic) bond motifs is 2. The number of thiazole rings is 1. The number of nitrogens with zero attached hydrogens (tertiary/aromatic N) is 5. The third kappa shape index (κ3) is 6.30. The van der Waals surface area contributed by atoms with Gasteiger partial charge in [-0.05, 0) is 23.6 Å². The molecule has 2 amide bonds. The molecule has 2 aliphatic heterocycles. The van der Waals surface area contributed by atoms with Crippen molar-refractivity contribution in [2.24, 2.45) is 11.1 Å². The molecule has 2 aliphatic rings. The maximum absolute atomic E-state index is 13.6. The number of carboxylic acids is 1. The topological polar surface area (TPSA) is 238 Å². The Balaban J connectivity index is 1.21. The van der Waals surface area contributed by atoms with Gasteiger partial charge in [0.1, 0.15) is 28.5 Å². The van der Waals surface area contributed by atoms with Crippen LogP contribution in [0, 0.1) is 5.92 Å². The molecule has 7 N–H and O–H groups in total. The standard InChI is InChI=1S/C29H28N8O8S3/c1-12(2)23(17-7-18(38)19(39)8-36(17)44)45-35-20(16-11-47-28(30)31-16)24(40)34-21-25(41)37-22(27(42)43)13(9-46-26(21)37)10-48-29-32-14-5-3-4-6-15(14)33-29/h3-8,11-12,21,23,26,39,44H,9-10H2,1-2H3,(H2,30,31)(H,32,33)(H,34,40)(H,42,43)/b35-20-/t21-,23?,26-/m1/s1. The SMILES string of the molecule is CC(C)C(O/N=C(\C(=O)N[C@@H]1C(=O)N2C(C(=O)O)=C(CSc3nc4ccccc4[nH]3)CS[C@H]12)c1csc(N)n1)c1cc(=O)c(O)cn1O. The van der Waals surface area contributed by atoms with Crippen molar-refractivity contribution in [2.75, 3.05) is 17.2 Å². The number of aromatic nitrogens is 4. The van der Waals surface area contributed by atoms with Gasteiger partial charge in [-0.1, -0.05) is 42.9 Å². The van der Waals surface area contributed by atoms with Gasteiger partial charge in [0.15, 0.2) is 27.9 Å². The van der Waals surface area contributed by atoms with Crippen molar-refractivity contribution in [2.45, 2.75) is 36.5 Å². The molecule has 0 spiro atoms.